The van der Waals surface area contributed by atoms with Crippen molar-refractivity contribution in [3.8, 4) is 11.1 Å². The second kappa shape index (κ2) is 10.9. The number of hydrogen-bond acceptors (Lipinski definition) is 6. The predicted molar refractivity (Wildman–Crippen MR) is 135 cm³/mol. The Labute approximate surface area is 205 Å². The van der Waals surface area contributed by atoms with Crippen molar-refractivity contribution in [3.05, 3.63) is 78.0 Å². The molecule has 4 heterocycles. The predicted octanol–water partition coefficient (Wildman–Crippen LogP) is 3.09. The van der Waals surface area contributed by atoms with E-state index in [0.29, 0.717) is 16.7 Å². The number of aromatic nitrogens is 2. The lowest BCUT2D eigenvalue weighted by Gasteiger charge is -2.32. The van der Waals surface area contributed by atoms with Crippen LogP contribution in [0.15, 0.2) is 61.1 Å². The van der Waals surface area contributed by atoms with Crippen LogP contribution in [0.3, 0.4) is 0 Å². The number of amides is 1. The summed E-state index contributed by atoms with van der Waals surface area (Å²) in [6.45, 7) is 6.68. The number of piperazine rings is 1. The van der Waals surface area contributed by atoms with Crippen molar-refractivity contribution in [1.29, 1.82) is 0 Å². The minimum Gasteiger partial charge on any atom is -0.354 e. The molecule has 1 aromatic carbocycles. The van der Waals surface area contributed by atoms with Crippen LogP contribution in [0.5, 0.6) is 0 Å². The summed E-state index contributed by atoms with van der Waals surface area (Å²) in [4.78, 5) is 26.3. The summed E-state index contributed by atoms with van der Waals surface area (Å²) in [6.07, 6.45) is 7.00. The van der Waals surface area contributed by atoms with Gasteiger partial charge in [-0.15, -0.1) is 0 Å². The van der Waals surface area contributed by atoms with E-state index in [1.165, 1.54) is 17.7 Å². The van der Waals surface area contributed by atoms with Gasteiger partial charge in [0, 0.05) is 87.1 Å². The monoisotopic (exact) mass is 474 g/mol. The Morgan fingerprint density at radius 2 is 1.89 bits per heavy atom. The first-order valence-electron chi connectivity index (χ1n) is 12.3. The molecular weight excluding hydrogens is 443 g/mol. The average molecular weight is 475 g/mol. The zero-order chi connectivity index (χ0) is 24.0. The maximum atomic E-state index is 14.3. The van der Waals surface area contributed by atoms with Crippen molar-refractivity contribution in [1.82, 2.24) is 25.5 Å². The molecule has 35 heavy (non-hydrogen) atoms. The molecule has 8 heteroatoms. The fourth-order valence-electron chi connectivity index (χ4n) is 4.76. The minimum atomic E-state index is -0.363. The van der Waals surface area contributed by atoms with Gasteiger partial charge in [0.25, 0.3) is 5.91 Å². The molecule has 2 aliphatic heterocycles. The first kappa shape index (κ1) is 23.4. The molecule has 0 spiro atoms. The van der Waals surface area contributed by atoms with Crippen molar-refractivity contribution in [2.75, 3.05) is 44.2 Å². The summed E-state index contributed by atoms with van der Waals surface area (Å²) < 4.78 is 14.3. The van der Waals surface area contributed by atoms with Crippen LogP contribution in [0.2, 0.25) is 0 Å². The lowest BCUT2D eigenvalue weighted by atomic mass is 10.0. The van der Waals surface area contributed by atoms with E-state index in [1.54, 1.807) is 30.6 Å². The third kappa shape index (κ3) is 5.83. The van der Waals surface area contributed by atoms with Crippen LogP contribution in [0.4, 0.5) is 10.2 Å². The average Bonchev–Trinajstić information content (AvgIpc) is 2.91. The Kier molecular flexibility index (Phi) is 7.30. The molecule has 2 N–H and O–H groups in total. The number of hydrogen-bond donors (Lipinski definition) is 2. The maximum Gasteiger partial charge on any atom is 0.251 e. The number of pyridine rings is 2. The van der Waals surface area contributed by atoms with Crippen LogP contribution >= 0.6 is 0 Å². The highest BCUT2D eigenvalue weighted by molar-refractivity contribution is 5.95. The number of rotatable bonds is 6. The molecule has 2 saturated heterocycles. The Balaban J connectivity index is 1.12. The molecule has 7 nitrogen and oxygen atoms in total. The molecule has 0 radical (unpaired) electrons. The SMILES string of the molecule is O=C(NC1CCN(Cc2ccc(N3CCNCC3)nc2)CC1)c1ccc(F)c(-c2cccnc2)c1. The molecule has 2 aromatic heterocycles. The smallest absolute Gasteiger partial charge is 0.251 e. The second-order valence-electron chi connectivity index (χ2n) is 9.22. The van der Waals surface area contributed by atoms with Gasteiger partial charge in [0.15, 0.2) is 0 Å². The summed E-state index contributed by atoms with van der Waals surface area (Å²) in [5.41, 5.74) is 2.71. The number of halogens is 1. The van der Waals surface area contributed by atoms with Gasteiger partial charge in [-0.1, -0.05) is 12.1 Å². The highest BCUT2D eigenvalue weighted by atomic mass is 19.1. The zero-order valence-corrected chi connectivity index (χ0v) is 19.8. The van der Waals surface area contributed by atoms with Gasteiger partial charge in [-0.3, -0.25) is 14.7 Å². The van der Waals surface area contributed by atoms with Crippen molar-refractivity contribution in [2.24, 2.45) is 0 Å². The minimum absolute atomic E-state index is 0.110. The Morgan fingerprint density at radius 1 is 1.06 bits per heavy atom. The normalized spacial score (nSPS) is 17.3. The van der Waals surface area contributed by atoms with E-state index in [4.69, 9.17) is 0 Å². The van der Waals surface area contributed by atoms with E-state index < -0.39 is 0 Å². The van der Waals surface area contributed by atoms with Crippen molar-refractivity contribution >= 4 is 11.7 Å². The van der Waals surface area contributed by atoms with Crippen molar-refractivity contribution in [2.45, 2.75) is 25.4 Å². The standard InChI is InChI=1S/C27H31FN6O/c28-25-5-4-21(16-24(25)22-2-1-9-30-18-22)27(35)32-23-7-12-33(13-8-23)19-20-3-6-26(31-17-20)34-14-10-29-11-15-34/h1-6,9,16-18,23,29H,7-8,10-15,19H2,(H,32,35). The van der Waals surface area contributed by atoms with Crippen LogP contribution < -0.4 is 15.5 Å². The number of anilines is 1. The van der Waals surface area contributed by atoms with Gasteiger partial charge < -0.3 is 15.5 Å². The molecular formula is C27H31FN6O. The summed E-state index contributed by atoms with van der Waals surface area (Å²) in [5.74, 6) is 0.517. The number of carbonyl (C=O) groups is 1. The molecule has 2 aliphatic rings. The fourth-order valence-corrected chi connectivity index (χ4v) is 4.76. The van der Waals surface area contributed by atoms with E-state index in [1.807, 2.05) is 6.20 Å². The zero-order valence-electron chi connectivity index (χ0n) is 19.8. The van der Waals surface area contributed by atoms with Crippen molar-refractivity contribution < 1.29 is 9.18 Å². The van der Waals surface area contributed by atoms with E-state index >= 15 is 0 Å². The first-order valence-corrected chi connectivity index (χ1v) is 12.3. The van der Waals surface area contributed by atoms with Crippen molar-refractivity contribution in [3.63, 3.8) is 0 Å². The summed E-state index contributed by atoms with van der Waals surface area (Å²) in [5, 5.41) is 6.50. The lowest BCUT2D eigenvalue weighted by molar-refractivity contribution is 0.0909. The van der Waals surface area contributed by atoms with Gasteiger partial charge in [0.2, 0.25) is 0 Å². The van der Waals surface area contributed by atoms with E-state index in [0.717, 1.165) is 64.5 Å². The van der Waals surface area contributed by atoms with Crippen LogP contribution in [0, 0.1) is 5.82 Å². The number of piperidine rings is 1. The van der Waals surface area contributed by atoms with Crippen LogP contribution in [0.1, 0.15) is 28.8 Å². The molecule has 1 amide bonds. The molecule has 182 valence electrons. The van der Waals surface area contributed by atoms with Gasteiger partial charge in [-0.05, 0) is 48.7 Å². The highest BCUT2D eigenvalue weighted by Crippen LogP contribution is 2.24. The third-order valence-electron chi connectivity index (χ3n) is 6.78. The third-order valence-corrected chi connectivity index (χ3v) is 6.78. The van der Waals surface area contributed by atoms with Gasteiger partial charge >= 0.3 is 0 Å². The number of likely N-dealkylation sites (tertiary alicyclic amines) is 1. The van der Waals surface area contributed by atoms with E-state index in [9.17, 15) is 9.18 Å². The maximum absolute atomic E-state index is 14.3. The summed E-state index contributed by atoms with van der Waals surface area (Å²) >= 11 is 0. The Bertz CT molecular complexity index is 1130. The molecule has 0 saturated carbocycles. The summed E-state index contributed by atoms with van der Waals surface area (Å²) in [7, 11) is 0. The highest BCUT2D eigenvalue weighted by Gasteiger charge is 2.22. The second-order valence-corrected chi connectivity index (χ2v) is 9.22. The molecule has 5 rings (SSSR count). The molecule has 0 bridgehead atoms. The number of benzene rings is 1. The molecule has 2 fully saturated rings. The first-order chi connectivity index (χ1) is 17.2. The lowest BCUT2D eigenvalue weighted by Crippen LogP contribution is -2.44. The van der Waals surface area contributed by atoms with Gasteiger partial charge in [-0.2, -0.15) is 0 Å². The fraction of sp³-hybridized carbons (Fsp3) is 0.370. The molecule has 0 unspecified atom stereocenters. The van der Waals surface area contributed by atoms with Gasteiger partial charge in [0.05, 0.1) is 0 Å². The molecule has 0 aliphatic carbocycles. The number of nitrogens with zero attached hydrogens (tertiary/aromatic N) is 4. The van der Waals surface area contributed by atoms with E-state index in [-0.39, 0.29) is 17.8 Å². The van der Waals surface area contributed by atoms with Crippen LogP contribution in [-0.4, -0.2) is 66.1 Å². The quantitative estimate of drug-likeness (QED) is 0.572. The Morgan fingerprint density at radius 3 is 2.60 bits per heavy atom. The number of nitrogens with one attached hydrogen (secondary N) is 2. The Hall–Kier alpha value is -3.36. The largest absolute Gasteiger partial charge is 0.354 e. The topological polar surface area (TPSA) is 73.4 Å². The van der Waals surface area contributed by atoms with Crippen LogP contribution in [0.25, 0.3) is 11.1 Å². The van der Waals surface area contributed by atoms with Gasteiger partial charge in [0.1, 0.15) is 11.6 Å². The number of carbonyl (C=O) groups excluding carboxylic acids is 1. The molecule has 3 aromatic rings. The van der Waals surface area contributed by atoms with Gasteiger partial charge in [-0.25, -0.2) is 9.37 Å². The van der Waals surface area contributed by atoms with E-state index in [2.05, 4.69) is 42.5 Å². The van der Waals surface area contributed by atoms with Crippen LogP contribution in [-0.2, 0) is 6.54 Å². The molecule has 0 atom stereocenters. The summed E-state index contributed by atoms with van der Waals surface area (Å²) in [6, 6.07) is 12.4.